The minimum atomic E-state index is -0.0607. The maximum absolute atomic E-state index is 11.3. The molecule has 1 aromatic rings. The molecule has 0 atom stereocenters. The van der Waals surface area contributed by atoms with Crippen molar-refractivity contribution in [1.82, 2.24) is 15.5 Å². The summed E-state index contributed by atoms with van der Waals surface area (Å²) in [6.45, 7) is 4.98. The third-order valence-electron chi connectivity index (χ3n) is 1.77. The molecule has 0 unspecified atom stereocenters. The highest BCUT2D eigenvalue weighted by Crippen LogP contribution is 1.98. The molecule has 1 heterocycles. The van der Waals surface area contributed by atoms with E-state index in [9.17, 15) is 4.79 Å². The summed E-state index contributed by atoms with van der Waals surface area (Å²) < 4.78 is 0. The van der Waals surface area contributed by atoms with Gasteiger partial charge in [0.05, 0.1) is 11.8 Å². The van der Waals surface area contributed by atoms with E-state index < -0.39 is 0 Å². The van der Waals surface area contributed by atoms with E-state index in [0.717, 1.165) is 13.0 Å². The number of hydrogen-bond acceptors (Lipinski definition) is 2. The molecule has 0 spiro atoms. The maximum Gasteiger partial charge on any atom is 0.254 e. The second-order valence-electron chi connectivity index (χ2n) is 3.43. The summed E-state index contributed by atoms with van der Waals surface area (Å²) in [6, 6.07) is 0. The van der Waals surface area contributed by atoms with Crippen LogP contribution < -0.4 is 5.32 Å². The number of aromatic amines is 1. The summed E-state index contributed by atoms with van der Waals surface area (Å²) in [5.74, 6) is 0.555. The van der Waals surface area contributed by atoms with Crippen molar-refractivity contribution >= 4 is 5.91 Å². The first-order valence-corrected chi connectivity index (χ1v) is 4.47. The molecule has 4 nitrogen and oxygen atoms in total. The van der Waals surface area contributed by atoms with E-state index in [-0.39, 0.29) is 5.91 Å². The molecule has 2 N–H and O–H groups in total. The van der Waals surface area contributed by atoms with Gasteiger partial charge in [-0.15, -0.1) is 0 Å². The minimum Gasteiger partial charge on any atom is -0.352 e. The van der Waals surface area contributed by atoms with Crippen LogP contribution in [0.2, 0.25) is 0 Å². The molecule has 1 aromatic heterocycles. The number of amides is 1. The van der Waals surface area contributed by atoms with Crippen LogP contribution in [0.4, 0.5) is 0 Å². The van der Waals surface area contributed by atoms with E-state index in [2.05, 4.69) is 29.4 Å². The standard InChI is InChI=1S/C9H15N3O/c1-7(2)3-4-10-9(13)8-5-11-12-6-8/h5-7H,3-4H2,1-2H3,(H,10,13)(H,11,12). The zero-order chi connectivity index (χ0) is 9.68. The first-order valence-electron chi connectivity index (χ1n) is 4.47. The Morgan fingerprint density at radius 3 is 3.00 bits per heavy atom. The molecule has 1 rings (SSSR count). The number of aromatic nitrogens is 2. The maximum atomic E-state index is 11.3. The summed E-state index contributed by atoms with van der Waals surface area (Å²) in [7, 11) is 0. The second kappa shape index (κ2) is 4.64. The molecule has 0 aliphatic rings. The van der Waals surface area contributed by atoms with Crippen molar-refractivity contribution in [3.05, 3.63) is 18.0 Å². The van der Waals surface area contributed by atoms with E-state index in [0.29, 0.717) is 11.5 Å². The Bertz CT molecular complexity index is 254. The molecule has 0 saturated carbocycles. The van der Waals surface area contributed by atoms with Crippen LogP contribution in [0.25, 0.3) is 0 Å². The van der Waals surface area contributed by atoms with Crippen molar-refractivity contribution in [2.75, 3.05) is 6.54 Å². The first-order chi connectivity index (χ1) is 6.20. The Morgan fingerprint density at radius 2 is 2.46 bits per heavy atom. The van der Waals surface area contributed by atoms with Crippen LogP contribution in [-0.4, -0.2) is 22.6 Å². The van der Waals surface area contributed by atoms with E-state index >= 15 is 0 Å². The zero-order valence-corrected chi connectivity index (χ0v) is 8.00. The van der Waals surface area contributed by atoms with Crippen LogP contribution in [0, 0.1) is 5.92 Å². The summed E-state index contributed by atoms with van der Waals surface area (Å²) in [4.78, 5) is 11.3. The van der Waals surface area contributed by atoms with Crippen LogP contribution >= 0.6 is 0 Å². The molecule has 0 radical (unpaired) electrons. The highest BCUT2D eigenvalue weighted by atomic mass is 16.1. The number of nitrogens with zero attached hydrogens (tertiary/aromatic N) is 1. The molecule has 0 aromatic carbocycles. The summed E-state index contributed by atoms with van der Waals surface area (Å²) >= 11 is 0. The lowest BCUT2D eigenvalue weighted by atomic mass is 10.1. The summed E-state index contributed by atoms with van der Waals surface area (Å²) in [6.07, 6.45) is 4.11. The van der Waals surface area contributed by atoms with Gasteiger partial charge >= 0.3 is 0 Å². The van der Waals surface area contributed by atoms with Gasteiger partial charge in [-0.3, -0.25) is 9.89 Å². The van der Waals surface area contributed by atoms with Gasteiger partial charge in [0.2, 0.25) is 0 Å². The number of carbonyl (C=O) groups is 1. The molecule has 1 amide bonds. The lowest BCUT2D eigenvalue weighted by Crippen LogP contribution is -2.24. The van der Waals surface area contributed by atoms with Crippen LogP contribution in [0.3, 0.4) is 0 Å². The fraction of sp³-hybridized carbons (Fsp3) is 0.556. The van der Waals surface area contributed by atoms with Gasteiger partial charge in [0.1, 0.15) is 0 Å². The Morgan fingerprint density at radius 1 is 1.69 bits per heavy atom. The highest BCUT2D eigenvalue weighted by molar-refractivity contribution is 5.93. The fourth-order valence-corrected chi connectivity index (χ4v) is 0.952. The van der Waals surface area contributed by atoms with Crippen molar-refractivity contribution in [1.29, 1.82) is 0 Å². The Balaban J connectivity index is 2.27. The van der Waals surface area contributed by atoms with Crippen molar-refractivity contribution in [2.24, 2.45) is 5.92 Å². The number of rotatable bonds is 4. The number of carbonyl (C=O) groups excluding carboxylic acids is 1. The average molecular weight is 181 g/mol. The topological polar surface area (TPSA) is 57.8 Å². The average Bonchev–Trinajstić information content (AvgIpc) is 2.55. The number of nitrogens with one attached hydrogen (secondary N) is 2. The van der Waals surface area contributed by atoms with Crippen LogP contribution in [-0.2, 0) is 0 Å². The van der Waals surface area contributed by atoms with Gasteiger partial charge in [0.15, 0.2) is 0 Å². The van der Waals surface area contributed by atoms with Gasteiger partial charge in [-0.2, -0.15) is 5.10 Å². The SMILES string of the molecule is CC(C)CCNC(=O)c1cn[nH]c1. The zero-order valence-electron chi connectivity index (χ0n) is 8.00. The predicted octanol–water partition coefficient (Wildman–Crippen LogP) is 1.19. The van der Waals surface area contributed by atoms with Crippen molar-refractivity contribution in [3.63, 3.8) is 0 Å². The minimum absolute atomic E-state index is 0.0607. The quantitative estimate of drug-likeness (QED) is 0.733. The Labute approximate surface area is 77.7 Å². The van der Waals surface area contributed by atoms with Crippen LogP contribution in [0.15, 0.2) is 12.4 Å². The fourth-order valence-electron chi connectivity index (χ4n) is 0.952. The van der Waals surface area contributed by atoms with E-state index in [1.165, 1.54) is 6.20 Å². The third-order valence-corrected chi connectivity index (χ3v) is 1.77. The molecular weight excluding hydrogens is 166 g/mol. The molecule has 0 aliphatic carbocycles. The van der Waals surface area contributed by atoms with E-state index in [4.69, 9.17) is 0 Å². The Kier molecular flexibility index (Phi) is 3.49. The molecular formula is C9H15N3O. The summed E-state index contributed by atoms with van der Waals surface area (Å²) in [5.41, 5.74) is 0.587. The highest BCUT2D eigenvalue weighted by Gasteiger charge is 2.04. The van der Waals surface area contributed by atoms with Crippen LogP contribution in [0.5, 0.6) is 0 Å². The third kappa shape index (κ3) is 3.27. The number of H-pyrrole nitrogens is 1. The molecule has 72 valence electrons. The summed E-state index contributed by atoms with van der Waals surface area (Å²) in [5, 5.41) is 9.12. The van der Waals surface area contributed by atoms with Gasteiger partial charge in [-0.25, -0.2) is 0 Å². The van der Waals surface area contributed by atoms with Crippen LogP contribution in [0.1, 0.15) is 30.6 Å². The van der Waals surface area contributed by atoms with Gasteiger partial charge < -0.3 is 5.32 Å². The van der Waals surface area contributed by atoms with E-state index in [1.54, 1.807) is 6.20 Å². The smallest absolute Gasteiger partial charge is 0.254 e. The van der Waals surface area contributed by atoms with E-state index in [1.807, 2.05) is 0 Å². The van der Waals surface area contributed by atoms with Gasteiger partial charge in [-0.1, -0.05) is 13.8 Å². The monoisotopic (exact) mass is 181 g/mol. The molecule has 0 aliphatic heterocycles. The predicted molar refractivity (Wildman–Crippen MR) is 50.4 cm³/mol. The second-order valence-corrected chi connectivity index (χ2v) is 3.43. The lowest BCUT2D eigenvalue weighted by Gasteiger charge is -2.05. The van der Waals surface area contributed by atoms with Crippen molar-refractivity contribution < 1.29 is 4.79 Å². The molecule has 0 saturated heterocycles. The van der Waals surface area contributed by atoms with Gasteiger partial charge in [0, 0.05) is 12.7 Å². The lowest BCUT2D eigenvalue weighted by molar-refractivity contribution is 0.0952. The van der Waals surface area contributed by atoms with Gasteiger partial charge in [-0.05, 0) is 12.3 Å². The molecule has 4 heteroatoms. The largest absolute Gasteiger partial charge is 0.352 e. The van der Waals surface area contributed by atoms with Crippen molar-refractivity contribution in [3.8, 4) is 0 Å². The normalized spacial score (nSPS) is 10.4. The molecule has 13 heavy (non-hydrogen) atoms. The first kappa shape index (κ1) is 9.77. The Hall–Kier alpha value is -1.32. The van der Waals surface area contributed by atoms with Gasteiger partial charge in [0.25, 0.3) is 5.91 Å². The molecule has 0 fully saturated rings. The number of hydrogen-bond donors (Lipinski definition) is 2. The van der Waals surface area contributed by atoms with Crippen molar-refractivity contribution in [2.45, 2.75) is 20.3 Å². The molecule has 0 bridgehead atoms.